The first-order chi connectivity index (χ1) is 16.1. The van der Waals surface area contributed by atoms with Gasteiger partial charge in [-0.3, -0.25) is 14.2 Å². The van der Waals surface area contributed by atoms with Crippen molar-refractivity contribution in [3.05, 3.63) is 88.7 Å². The molecule has 0 aliphatic heterocycles. The number of anilines is 1. The van der Waals surface area contributed by atoms with Gasteiger partial charge in [-0.25, -0.2) is 4.98 Å². The number of para-hydroxylation sites is 1. The minimum Gasteiger partial charge on any atom is -0.325 e. The Morgan fingerprint density at radius 3 is 2.61 bits per heavy atom. The van der Waals surface area contributed by atoms with Crippen LogP contribution in [0.25, 0.3) is 11.3 Å². The topological polar surface area (TPSA) is 64.0 Å². The lowest BCUT2D eigenvalue weighted by molar-refractivity contribution is -0.113. The fourth-order valence-electron chi connectivity index (χ4n) is 5.29. The Labute approximate surface area is 198 Å². The molecular formula is C27H27N3O2S. The van der Waals surface area contributed by atoms with E-state index in [1.807, 2.05) is 36.4 Å². The van der Waals surface area contributed by atoms with Crippen molar-refractivity contribution in [3.8, 4) is 11.3 Å². The third-order valence-electron chi connectivity index (χ3n) is 6.73. The summed E-state index contributed by atoms with van der Waals surface area (Å²) >= 11 is 1.30. The molecule has 2 aromatic carbocycles. The number of thioether (sulfide) groups is 1. The third kappa shape index (κ3) is 4.04. The molecule has 0 radical (unpaired) electrons. The lowest BCUT2D eigenvalue weighted by Gasteiger charge is -2.36. The monoisotopic (exact) mass is 457 g/mol. The molecule has 2 aliphatic rings. The first kappa shape index (κ1) is 21.7. The van der Waals surface area contributed by atoms with E-state index in [1.165, 1.54) is 17.3 Å². The normalized spacial score (nSPS) is 15.6. The number of aromatic nitrogens is 2. The number of fused-ring (bicyclic) bond motifs is 4. The van der Waals surface area contributed by atoms with Crippen LogP contribution in [0.2, 0.25) is 0 Å². The van der Waals surface area contributed by atoms with Gasteiger partial charge in [-0.2, -0.15) is 0 Å². The molecule has 2 aliphatic carbocycles. The number of carbonyl (C=O) groups excluding carboxylic acids is 1. The van der Waals surface area contributed by atoms with E-state index in [4.69, 9.17) is 4.98 Å². The molecule has 168 valence electrons. The predicted octanol–water partition coefficient (Wildman–Crippen LogP) is 5.20. The van der Waals surface area contributed by atoms with Gasteiger partial charge in [-0.1, -0.05) is 73.1 Å². The SMILES string of the molecule is C=CCn1c(SCC(=O)Nc2ccccc2)nc2c(c1=O)C1(CCCC1)Cc1ccccc1-2. The smallest absolute Gasteiger partial charge is 0.258 e. The zero-order chi connectivity index (χ0) is 22.8. The van der Waals surface area contributed by atoms with Crippen molar-refractivity contribution in [3.63, 3.8) is 0 Å². The van der Waals surface area contributed by atoms with Crippen molar-refractivity contribution in [1.82, 2.24) is 9.55 Å². The highest BCUT2D eigenvalue weighted by Gasteiger charge is 2.44. The molecule has 0 saturated heterocycles. The molecule has 0 bridgehead atoms. The number of nitrogens with zero attached hydrogens (tertiary/aromatic N) is 2. The van der Waals surface area contributed by atoms with Gasteiger partial charge in [0.05, 0.1) is 17.0 Å². The lowest BCUT2D eigenvalue weighted by Crippen LogP contribution is -2.40. The van der Waals surface area contributed by atoms with E-state index in [2.05, 4.69) is 30.1 Å². The van der Waals surface area contributed by atoms with E-state index in [1.54, 1.807) is 10.6 Å². The van der Waals surface area contributed by atoms with E-state index in [-0.39, 0.29) is 22.6 Å². The zero-order valence-corrected chi connectivity index (χ0v) is 19.4. The van der Waals surface area contributed by atoms with Crippen molar-refractivity contribution in [1.29, 1.82) is 0 Å². The summed E-state index contributed by atoms with van der Waals surface area (Å²) in [5.41, 5.74) is 4.60. The van der Waals surface area contributed by atoms with Crippen molar-refractivity contribution < 1.29 is 4.79 Å². The van der Waals surface area contributed by atoms with Gasteiger partial charge in [0, 0.05) is 23.2 Å². The van der Waals surface area contributed by atoms with Crippen LogP contribution in [0.5, 0.6) is 0 Å². The summed E-state index contributed by atoms with van der Waals surface area (Å²) in [6.45, 7) is 4.22. The van der Waals surface area contributed by atoms with Crippen molar-refractivity contribution in [2.45, 2.75) is 49.2 Å². The van der Waals surface area contributed by atoms with Gasteiger partial charge in [0.15, 0.2) is 5.16 Å². The van der Waals surface area contributed by atoms with Gasteiger partial charge in [-0.05, 0) is 37.0 Å². The maximum atomic E-state index is 13.9. The van der Waals surface area contributed by atoms with E-state index < -0.39 is 0 Å². The summed E-state index contributed by atoms with van der Waals surface area (Å²) in [4.78, 5) is 31.5. The first-order valence-corrected chi connectivity index (χ1v) is 12.4. The van der Waals surface area contributed by atoms with Crippen LogP contribution in [0.3, 0.4) is 0 Å². The Hall–Kier alpha value is -3.12. The fraction of sp³-hybridized carbons (Fsp3) is 0.296. The molecule has 1 saturated carbocycles. The largest absolute Gasteiger partial charge is 0.325 e. The Bertz CT molecular complexity index is 1260. The molecule has 5 rings (SSSR count). The number of hydrogen-bond donors (Lipinski definition) is 1. The molecule has 33 heavy (non-hydrogen) atoms. The lowest BCUT2D eigenvalue weighted by atomic mass is 9.68. The van der Waals surface area contributed by atoms with Crippen molar-refractivity contribution >= 4 is 23.4 Å². The van der Waals surface area contributed by atoms with Gasteiger partial charge >= 0.3 is 0 Å². The maximum absolute atomic E-state index is 13.9. The van der Waals surface area contributed by atoms with Gasteiger partial charge in [-0.15, -0.1) is 6.58 Å². The van der Waals surface area contributed by atoms with Crippen LogP contribution in [0.4, 0.5) is 5.69 Å². The minimum absolute atomic E-state index is 0.0160. The number of amides is 1. The van der Waals surface area contributed by atoms with Gasteiger partial charge in [0.1, 0.15) is 0 Å². The van der Waals surface area contributed by atoms with Crippen LogP contribution >= 0.6 is 11.8 Å². The van der Waals surface area contributed by atoms with Crippen LogP contribution in [0.1, 0.15) is 36.8 Å². The van der Waals surface area contributed by atoms with Gasteiger partial charge in [0.25, 0.3) is 5.56 Å². The summed E-state index contributed by atoms with van der Waals surface area (Å²) in [6, 6.07) is 17.7. The van der Waals surface area contributed by atoms with Crippen LogP contribution < -0.4 is 10.9 Å². The Morgan fingerprint density at radius 2 is 1.85 bits per heavy atom. The summed E-state index contributed by atoms with van der Waals surface area (Å²) < 4.78 is 1.69. The highest BCUT2D eigenvalue weighted by atomic mass is 32.2. The van der Waals surface area contributed by atoms with Crippen LogP contribution in [0, 0.1) is 0 Å². The Balaban J connectivity index is 1.54. The van der Waals surface area contributed by atoms with Gasteiger partial charge < -0.3 is 5.32 Å². The summed E-state index contributed by atoms with van der Waals surface area (Å²) in [7, 11) is 0. The molecule has 5 nitrogen and oxygen atoms in total. The average molecular weight is 458 g/mol. The Kier molecular flexibility index (Phi) is 5.94. The zero-order valence-electron chi connectivity index (χ0n) is 18.5. The minimum atomic E-state index is -0.134. The number of allylic oxidation sites excluding steroid dienone is 1. The average Bonchev–Trinajstić information content (AvgIpc) is 3.28. The van der Waals surface area contributed by atoms with E-state index in [9.17, 15) is 9.59 Å². The number of benzene rings is 2. The molecule has 3 aromatic rings. The van der Waals surface area contributed by atoms with E-state index >= 15 is 0 Å². The quantitative estimate of drug-likeness (QED) is 0.314. The van der Waals surface area contributed by atoms with Crippen molar-refractivity contribution in [2.24, 2.45) is 0 Å². The molecule has 1 heterocycles. The molecule has 1 aromatic heterocycles. The number of rotatable bonds is 6. The van der Waals surface area contributed by atoms with Crippen molar-refractivity contribution in [2.75, 3.05) is 11.1 Å². The fourth-order valence-corrected chi connectivity index (χ4v) is 6.10. The molecule has 1 spiro atoms. The molecule has 6 heteroatoms. The molecule has 0 unspecified atom stereocenters. The summed E-state index contributed by atoms with van der Waals surface area (Å²) in [5, 5.41) is 3.46. The second-order valence-corrected chi connectivity index (χ2v) is 9.79. The standard InChI is InChI=1S/C27H27N3O2S/c1-2-16-30-25(32)23-24(21-13-7-6-10-19(21)17-27(23)14-8-9-15-27)29-26(30)33-18-22(31)28-20-11-4-3-5-12-20/h2-7,10-13H,1,8-9,14-18H2,(H,28,31). The molecular weight excluding hydrogens is 430 g/mol. The van der Waals surface area contributed by atoms with Crippen LogP contribution in [-0.2, 0) is 23.2 Å². The maximum Gasteiger partial charge on any atom is 0.258 e. The van der Waals surface area contributed by atoms with Gasteiger partial charge in [0.2, 0.25) is 5.91 Å². The highest BCUT2D eigenvalue weighted by Crippen LogP contribution is 2.49. The highest BCUT2D eigenvalue weighted by molar-refractivity contribution is 7.99. The van der Waals surface area contributed by atoms with Crippen LogP contribution in [0.15, 0.2) is 77.2 Å². The van der Waals surface area contributed by atoms with E-state index in [0.29, 0.717) is 11.7 Å². The van der Waals surface area contributed by atoms with E-state index in [0.717, 1.165) is 54.6 Å². The molecule has 0 atom stereocenters. The first-order valence-electron chi connectivity index (χ1n) is 11.4. The van der Waals surface area contributed by atoms with Crippen LogP contribution in [-0.4, -0.2) is 21.2 Å². The second kappa shape index (κ2) is 9.02. The third-order valence-corrected chi connectivity index (χ3v) is 7.70. The summed E-state index contributed by atoms with van der Waals surface area (Å²) in [5.74, 6) is 0.0420. The molecule has 1 fully saturated rings. The summed E-state index contributed by atoms with van der Waals surface area (Å²) in [6.07, 6.45) is 6.93. The second-order valence-electron chi connectivity index (χ2n) is 8.85. The molecule has 1 N–H and O–H groups in total. The number of nitrogens with one attached hydrogen (secondary N) is 1. The Morgan fingerprint density at radius 1 is 1.12 bits per heavy atom. The number of hydrogen-bond acceptors (Lipinski definition) is 4. The number of carbonyl (C=O) groups is 1. The molecule has 1 amide bonds. The predicted molar refractivity (Wildman–Crippen MR) is 134 cm³/mol.